The van der Waals surface area contributed by atoms with Gasteiger partial charge >= 0.3 is 5.97 Å². The summed E-state index contributed by atoms with van der Waals surface area (Å²) < 4.78 is 0. The van der Waals surface area contributed by atoms with Crippen molar-refractivity contribution in [1.82, 2.24) is 0 Å². The third kappa shape index (κ3) is 4.02. The van der Waals surface area contributed by atoms with Gasteiger partial charge in [-0.15, -0.1) is 0 Å². The highest BCUT2D eigenvalue weighted by Crippen LogP contribution is 2.34. The Kier molecular flexibility index (Phi) is 5.21. The van der Waals surface area contributed by atoms with Gasteiger partial charge < -0.3 is 5.11 Å². The van der Waals surface area contributed by atoms with Gasteiger partial charge in [-0.2, -0.15) is 0 Å². The number of carbonyl (C=O) groups is 1. The van der Waals surface area contributed by atoms with Gasteiger partial charge in [0.05, 0.1) is 6.42 Å². The molecule has 1 N–H and O–H groups in total. The maximum absolute atomic E-state index is 10.8. The normalized spacial score (nSPS) is 11.6. The monoisotopic (exact) mass is 268 g/mol. The molecule has 0 aliphatic rings. The van der Waals surface area contributed by atoms with E-state index in [1.807, 2.05) is 12.1 Å². The van der Waals surface area contributed by atoms with Crippen LogP contribution in [0.15, 0.2) is 18.2 Å². The van der Waals surface area contributed by atoms with Crippen LogP contribution in [0.1, 0.15) is 51.2 Å². The minimum absolute atomic E-state index is 0.0123. The van der Waals surface area contributed by atoms with E-state index in [-0.39, 0.29) is 11.8 Å². The van der Waals surface area contributed by atoms with Crippen LogP contribution in [0, 0.1) is 0 Å². The van der Waals surface area contributed by atoms with Crippen LogP contribution >= 0.6 is 11.6 Å². The molecule has 0 spiro atoms. The quantitative estimate of drug-likeness (QED) is 0.828. The largest absolute Gasteiger partial charge is 0.481 e. The zero-order chi connectivity index (χ0) is 13.8. The molecule has 18 heavy (non-hydrogen) atoms. The third-order valence-corrected chi connectivity index (χ3v) is 3.60. The van der Waals surface area contributed by atoms with Crippen LogP contribution in [0.2, 0.25) is 5.02 Å². The van der Waals surface area contributed by atoms with Crippen molar-refractivity contribution >= 4 is 17.6 Å². The lowest BCUT2D eigenvalue weighted by Gasteiger charge is -2.27. The minimum Gasteiger partial charge on any atom is -0.481 e. The summed E-state index contributed by atoms with van der Waals surface area (Å²) in [6.45, 7) is 6.49. The van der Waals surface area contributed by atoms with Crippen molar-refractivity contribution < 1.29 is 9.90 Å². The lowest BCUT2D eigenvalue weighted by molar-refractivity contribution is -0.136. The first-order chi connectivity index (χ1) is 8.36. The van der Waals surface area contributed by atoms with Crippen LogP contribution in [-0.2, 0) is 16.6 Å². The fourth-order valence-corrected chi connectivity index (χ4v) is 2.50. The van der Waals surface area contributed by atoms with Gasteiger partial charge in [0.1, 0.15) is 0 Å². The number of rotatable bonds is 6. The van der Waals surface area contributed by atoms with E-state index in [2.05, 4.69) is 20.8 Å². The Morgan fingerprint density at radius 1 is 1.39 bits per heavy atom. The summed E-state index contributed by atoms with van der Waals surface area (Å²) >= 11 is 6.25. The van der Waals surface area contributed by atoms with Crippen molar-refractivity contribution in [3.8, 4) is 0 Å². The van der Waals surface area contributed by atoms with E-state index in [0.717, 1.165) is 35.4 Å². The smallest absolute Gasteiger partial charge is 0.307 e. The summed E-state index contributed by atoms with van der Waals surface area (Å²) in [4.78, 5) is 10.8. The number of hydrogen-bond donors (Lipinski definition) is 1. The molecule has 0 amide bonds. The van der Waals surface area contributed by atoms with Gasteiger partial charge in [0.15, 0.2) is 0 Å². The molecule has 3 heteroatoms. The Bertz CT molecular complexity index is 425. The number of unbranched alkanes of at least 4 members (excludes halogenated alkanes) is 1. The zero-order valence-electron chi connectivity index (χ0n) is 11.3. The van der Waals surface area contributed by atoms with Gasteiger partial charge in [0.25, 0.3) is 0 Å². The number of halogens is 1. The number of aliphatic carboxylic acids is 1. The Hall–Kier alpha value is -1.02. The standard InChI is InChI=1S/C15H21ClO2/c1-4-5-8-15(2,3)12-9-11(10-14(17)18)6-7-13(12)16/h6-7,9H,4-5,8,10H2,1-3H3,(H,17,18). The summed E-state index contributed by atoms with van der Waals surface area (Å²) in [6.07, 6.45) is 3.40. The van der Waals surface area contributed by atoms with Crippen molar-refractivity contribution in [3.05, 3.63) is 34.3 Å². The molecule has 0 aromatic heterocycles. The van der Waals surface area contributed by atoms with Crippen LogP contribution in [0.5, 0.6) is 0 Å². The van der Waals surface area contributed by atoms with Gasteiger partial charge in [-0.05, 0) is 29.0 Å². The van der Waals surface area contributed by atoms with Gasteiger partial charge in [-0.3, -0.25) is 4.79 Å². The average Bonchev–Trinajstić information content (AvgIpc) is 2.28. The van der Waals surface area contributed by atoms with Crippen LogP contribution in [0.3, 0.4) is 0 Å². The van der Waals surface area contributed by atoms with Gasteiger partial charge in [0, 0.05) is 5.02 Å². The molecular weight excluding hydrogens is 248 g/mol. The highest BCUT2D eigenvalue weighted by atomic mass is 35.5. The maximum atomic E-state index is 10.8. The average molecular weight is 269 g/mol. The fourth-order valence-electron chi connectivity index (χ4n) is 2.13. The molecule has 1 aromatic carbocycles. The number of carboxylic acid groups (broad SMARTS) is 1. The number of hydrogen-bond acceptors (Lipinski definition) is 1. The molecule has 0 radical (unpaired) electrons. The molecule has 0 saturated carbocycles. The molecular formula is C15H21ClO2. The van der Waals surface area contributed by atoms with E-state index >= 15 is 0 Å². The molecule has 0 unspecified atom stereocenters. The van der Waals surface area contributed by atoms with Gasteiger partial charge in [-0.1, -0.05) is 57.3 Å². The van der Waals surface area contributed by atoms with E-state index in [0.29, 0.717) is 0 Å². The van der Waals surface area contributed by atoms with E-state index in [1.54, 1.807) is 6.07 Å². The molecule has 0 aliphatic carbocycles. The molecule has 0 saturated heterocycles. The zero-order valence-corrected chi connectivity index (χ0v) is 12.0. The van der Waals surface area contributed by atoms with Crippen LogP contribution in [-0.4, -0.2) is 11.1 Å². The molecule has 2 nitrogen and oxygen atoms in total. The van der Waals surface area contributed by atoms with E-state index < -0.39 is 5.97 Å². The van der Waals surface area contributed by atoms with Crippen molar-refractivity contribution in [2.24, 2.45) is 0 Å². The second-order valence-electron chi connectivity index (χ2n) is 5.37. The molecule has 0 fully saturated rings. The van der Waals surface area contributed by atoms with E-state index in [1.165, 1.54) is 0 Å². The van der Waals surface area contributed by atoms with Crippen molar-refractivity contribution in [1.29, 1.82) is 0 Å². The topological polar surface area (TPSA) is 37.3 Å². The number of benzene rings is 1. The Balaban J connectivity index is 3.02. The molecule has 1 rings (SSSR count). The highest BCUT2D eigenvalue weighted by molar-refractivity contribution is 6.31. The van der Waals surface area contributed by atoms with E-state index in [9.17, 15) is 4.79 Å². The summed E-state index contributed by atoms with van der Waals surface area (Å²) in [5, 5.41) is 9.57. The molecule has 0 aliphatic heterocycles. The Labute approximate surface area is 114 Å². The predicted octanol–water partition coefficient (Wildman–Crippen LogP) is 4.43. The fraction of sp³-hybridized carbons (Fsp3) is 0.533. The molecule has 0 atom stereocenters. The molecule has 1 aromatic rings. The van der Waals surface area contributed by atoms with Gasteiger partial charge in [-0.25, -0.2) is 0 Å². The first-order valence-corrected chi connectivity index (χ1v) is 6.75. The summed E-state index contributed by atoms with van der Waals surface area (Å²) in [5.41, 5.74) is 1.85. The summed E-state index contributed by atoms with van der Waals surface area (Å²) in [5.74, 6) is -0.811. The van der Waals surface area contributed by atoms with Crippen LogP contribution in [0.4, 0.5) is 0 Å². The predicted molar refractivity (Wildman–Crippen MR) is 75.3 cm³/mol. The maximum Gasteiger partial charge on any atom is 0.307 e. The minimum atomic E-state index is -0.811. The number of carboxylic acids is 1. The van der Waals surface area contributed by atoms with Crippen LogP contribution < -0.4 is 0 Å². The first-order valence-electron chi connectivity index (χ1n) is 6.37. The van der Waals surface area contributed by atoms with Crippen molar-refractivity contribution in [3.63, 3.8) is 0 Å². The Morgan fingerprint density at radius 3 is 2.61 bits per heavy atom. The lowest BCUT2D eigenvalue weighted by Crippen LogP contribution is -2.18. The second kappa shape index (κ2) is 6.24. The van der Waals surface area contributed by atoms with Gasteiger partial charge in [0.2, 0.25) is 0 Å². The van der Waals surface area contributed by atoms with Crippen molar-refractivity contribution in [2.45, 2.75) is 51.9 Å². The highest BCUT2D eigenvalue weighted by Gasteiger charge is 2.23. The van der Waals surface area contributed by atoms with E-state index in [4.69, 9.17) is 16.7 Å². The summed E-state index contributed by atoms with van der Waals surface area (Å²) in [6, 6.07) is 5.53. The molecule has 0 heterocycles. The molecule has 0 bridgehead atoms. The summed E-state index contributed by atoms with van der Waals surface area (Å²) in [7, 11) is 0. The SMILES string of the molecule is CCCCC(C)(C)c1cc(CC(=O)O)ccc1Cl. The van der Waals surface area contributed by atoms with Crippen molar-refractivity contribution in [2.75, 3.05) is 0 Å². The van der Waals surface area contributed by atoms with Crippen LogP contribution in [0.25, 0.3) is 0 Å². The molecule has 100 valence electrons. The lowest BCUT2D eigenvalue weighted by atomic mass is 9.79. The Morgan fingerprint density at radius 2 is 2.06 bits per heavy atom. The third-order valence-electron chi connectivity index (χ3n) is 3.27. The first kappa shape index (κ1) is 15.0. The second-order valence-corrected chi connectivity index (χ2v) is 5.78.